The van der Waals surface area contributed by atoms with Crippen molar-refractivity contribution >= 4 is 15.9 Å². The number of morpholine rings is 1. The normalized spacial score (nSPS) is 15.3. The molecule has 0 saturated carbocycles. The van der Waals surface area contributed by atoms with Crippen LogP contribution in [0.15, 0.2) is 29.2 Å². The third-order valence-electron chi connectivity index (χ3n) is 3.46. The maximum absolute atomic E-state index is 12.0. The molecule has 0 spiro atoms. The predicted molar refractivity (Wildman–Crippen MR) is 86.4 cm³/mol. The Hall–Kier alpha value is -1.68. The van der Waals surface area contributed by atoms with Crippen LogP contribution < -0.4 is 9.46 Å². The summed E-state index contributed by atoms with van der Waals surface area (Å²) in [6, 6.07) is 5.92. The Morgan fingerprint density at radius 1 is 1.25 bits per heavy atom. The molecular weight excluding hydrogens is 336 g/mol. The van der Waals surface area contributed by atoms with E-state index in [9.17, 15) is 13.2 Å². The second kappa shape index (κ2) is 8.97. The number of nitrogens with zero attached hydrogens (tertiary/aromatic N) is 1. The Kier molecular flexibility index (Phi) is 6.98. The number of sulfonamides is 1. The first kappa shape index (κ1) is 18.7. The van der Waals surface area contributed by atoms with Crippen molar-refractivity contribution < 1.29 is 27.4 Å². The lowest BCUT2D eigenvalue weighted by Gasteiger charge is -2.26. The molecular formula is C15H22N2O6S. The molecule has 1 aromatic rings. The lowest BCUT2D eigenvalue weighted by molar-refractivity contribution is -0.137. The van der Waals surface area contributed by atoms with E-state index >= 15 is 0 Å². The minimum absolute atomic E-state index is 0.0851. The van der Waals surface area contributed by atoms with Crippen LogP contribution in [0.25, 0.3) is 0 Å². The molecule has 0 aromatic heterocycles. The molecule has 0 unspecified atom stereocenters. The molecule has 1 aromatic carbocycles. The summed E-state index contributed by atoms with van der Waals surface area (Å²) in [4.78, 5) is 13.8. The van der Waals surface area contributed by atoms with Crippen LogP contribution in [0, 0.1) is 0 Å². The number of carbonyl (C=O) groups is 1. The van der Waals surface area contributed by atoms with Crippen LogP contribution in [0.3, 0.4) is 0 Å². The maximum atomic E-state index is 12.0. The molecule has 0 radical (unpaired) electrons. The Balaban J connectivity index is 1.86. The quantitative estimate of drug-likeness (QED) is 0.650. The van der Waals surface area contributed by atoms with E-state index in [1.807, 2.05) is 0 Å². The summed E-state index contributed by atoms with van der Waals surface area (Å²) in [6.45, 7) is 2.61. The molecule has 1 amide bonds. The van der Waals surface area contributed by atoms with Crippen LogP contribution in [-0.2, 0) is 24.3 Å². The fourth-order valence-corrected chi connectivity index (χ4v) is 3.14. The fraction of sp³-hybridized carbons (Fsp3) is 0.533. The maximum Gasteiger partial charge on any atom is 0.260 e. The highest BCUT2D eigenvalue weighted by atomic mass is 32.2. The van der Waals surface area contributed by atoms with Gasteiger partial charge in [-0.15, -0.1) is 0 Å². The molecule has 1 N–H and O–H groups in total. The Morgan fingerprint density at radius 3 is 2.54 bits per heavy atom. The van der Waals surface area contributed by atoms with Crippen molar-refractivity contribution in [3.8, 4) is 5.75 Å². The van der Waals surface area contributed by atoms with Crippen molar-refractivity contribution in [3.63, 3.8) is 0 Å². The first-order chi connectivity index (χ1) is 11.5. The first-order valence-corrected chi connectivity index (χ1v) is 9.08. The summed E-state index contributed by atoms with van der Waals surface area (Å²) < 4.78 is 41.9. The summed E-state index contributed by atoms with van der Waals surface area (Å²) in [5, 5.41) is 0. The minimum Gasteiger partial charge on any atom is -0.484 e. The van der Waals surface area contributed by atoms with E-state index < -0.39 is 10.0 Å². The second-order valence-corrected chi connectivity index (χ2v) is 6.91. The van der Waals surface area contributed by atoms with E-state index in [-0.39, 0.29) is 24.0 Å². The molecule has 24 heavy (non-hydrogen) atoms. The van der Waals surface area contributed by atoms with E-state index in [1.54, 1.807) is 4.90 Å². The highest BCUT2D eigenvalue weighted by Crippen LogP contribution is 2.16. The van der Waals surface area contributed by atoms with Crippen LogP contribution in [-0.4, -0.2) is 72.4 Å². The summed E-state index contributed by atoms with van der Waals surface area (Å²) in [7, 11) is -2.07. The molecule has 1 fully saturated rings. The number of hydrogen-bond donors (Lipinski definition) is 1. The molecule has 0 aliphatic carbocycles. The van der Waals surface area contributed by atoms with Gasteiger partial charge in [0.25, 0.3) is 5.91 Å². The number of amides is 1. The third-order valence-corrected chi connectivity index (χ3v) is 4.94. The number of benzene rings is 1. The number of rotatable bonds is 8. The van der Waals surface area contributed by atoms with Crippen LogP contribution in [0.4, 0.5) is 0 Å². The van der Waals surface area contributed by atoms with Gasteiger partial charge in [0.15, 0.2) is 6.61 Å². The Labute approximate surface area is 141 Å². The summed E-state index contributed by atoms with van der Waals surface area (Å²) in [5.74, 6) is 0.323. The van der Waals surface area contributed by atoms with Gasteiger partial charge in [-0.3, -0.25) is 4.79 Å². The molecule has 2 rings (SSSR count). The lowest BCUT2D eigenvalue weighted by atomic mass is 10.3. The molecule has 1 saturated heterocycles. The van der Waals surface area contributed by atoms with Crippen LogP contribution in [0.2, 0.25) is 0 Å². The number of nitrogens with one attached hydrogen (secondary N) is 1. The predicted octanol–water partition coefficient (Wildman–Crippen LogP) is -0.151. The van der Waals surface area contributed by atoms with Gasteiger partial charge < -0.3 is 19.1 Å². The van der Waals surface area contributed by atoms with Crippen molar-refractivity contribution in [2.75, 3.05) is 53.2 Å². The molecule has 1 aliphatic rings. The van der Waals surface area contributed by atoms with Gasteiger partial charge >= 0.3 is 0 Å². The molecule has 0 atom stereocenters. The van der Waals surface area contributed by atoms with Crippen LogP contribution >= 0.6 is 0 Å². The summed E-state index contributed by atoms with van der Waals surface area (Å²) in [6.07, 6.45) is 0. The number of methoxy groups -OCH3 is 1. The molecule has 9 heteroatoms. The van der Waals surface area contributed by atoms with Crippen molar-refractivity contribution in [3.05, 3.63) is 24.3 Å². The Morgan fingerprint density at radius 2 is 1.92 bits per heavy atom. The SMILES string of the molecule is COCCNS(=O)(=O)c1ccc(OCC(=O)N2CCOCC2)cc1. The Bertz CT molecular complexity index is 626. The monoisotopic (exact) mass is 358 g/mol. The molecule has 0 bridgehead atoms. The number of ether oxygens (including phenoxy) is 3. The van der Waals surface area contributed by atoms with Gasteiger partial charge in [0, 0.05) is 26.7 Å². The first-order valence-electron chi connectivity index (χ1n) is 7.60. The zero-order chi connectivity index (χ0) is 17.4. The topological polar surface area (TPSA) is 94.2 Å². The average Bonchev–Trinajstić information content (AvgIpc) is 2.61. The van der Waals surface area contributed by atoms with Gasteiger partial charge in [0.05, 0.1) is 24.7 Å². The molecule has 134 valence electrons. The van der Waals surface area contributed by atoms with E-state index in [4.69, 9.17) is 14.2 Å². The van der Waals surface area contributed by atoms with E-state index in [0.717, 1.165) is 0 Å². The molecule has 1 aliphatic heterocycles. The van der Waals surface area contributed by atoms with Gasteiger partial charge in [-0.2, -0.15) is 0 Å². The van der Waals surface area contributed by atoms with E-state index in [2.05, 4.69) is 4.72 Å². The summed E-state index contributed by atoms with van der Waals surface area (Å²) >= 11 is 0. The largest absolute Gasteiger partial charge is 0.484 e. The van der Waals surface area contributed by atoms with Gasteiger partial charge in [-0.05, 0) is 24.3 Å². The average molecular weight is 358 g/mol. The highest BCUT2D eigenvalue weighted by molar-refractivity contribution is 7.89. The van der Waals surface area contributed by atoms with Crippen LogP contribution in [0.1, 0.15) is 0 Å². The lowest BCUT2D eigenvalue weighted by Crippen LogP contribution is -2.42. The zero-order valence-corrected chi connectivity index (χ0v) is 14.4. The molecule has 8 nitrogen and oxygen atoms in total. The van der Waals surface area contributed by atoms with Crippen molar-refractivity contribution in [2.24, 2.45) is 0 Å². The second-order valence-electron chi connectivity index (χ2n) is 5.14. The van der Waals surface area contributed by atoms with Gasteiger partial charge in [0.2, 0.25) is 10.0 Å². The van der Waals surface area contributed by atoms with E-state index in [1.165, 1.54) is 31.4 Å². The number of hydrogen-bond acceptors (Lipinski definition) is 6. The van der Waals surface area contributed by atoms with Crippen molar-refractivity contribution in [2.45, 2.75) is 4.90 Å². The standard InChI is InChI=1S/C15H22N2O6S/c1-21-9-6-16-24(19,20)14-4-2-13(3-5-14)23-12-15(18)17-7-10-22-11-8-17/h2-5,16H,6-12H2,1H3. The van der Waals surface area contributed by atoms with E-state index in [0.29, 0.717) is 38.7 Å². The van der Waals surface area contributed by atoms with Gasteiger partial charge in [-0.25, -0.2) is 13.1 Å². The van der Waals surface area contributed by atoms with Crippen molar-refractivity contribution in [1.29, 1.82) is 0 Å². The van der Waals surface area contributed by atoms with Gasteiger partial charge in [-0.1, -0.05) is 0 Å². The number of carbonyl (C=O) groups excluding carboxylic acids is 1. The smallest absolute Gasteiger partial charge is 0.260 e. The van der Waals surface area contributed by atoms with Crippen LogP contribution in [0.5, 0.6) is 5.75 Å². The van der Waals surface area contributed by atoms with Crippen molar-refractivity contribution in [1.82, 2.24) is 9.62 Å². The highest BCUT2D eigenvalue weighted by Gasteiger charge is 2.17. The van der Waals surface area contributed by atoms with Gasteiger partial charge in [0.1, 0.15) is 5.75 Å². The zero-order valence-electron chi connectivity index (χ0n) is 13.6. The fourth-order valence-electron chi connectivity index (χ4n) is 2.13. The minimum atomic E-state index is -3.57. The third kappa shape index (κ3) is 5.45. The molecule has 1 heterocycles. The summed E-state index contributed by atoms with van der Waals surface area (Å²) in [5.41, 5.74) is 0.